The van der Waals surface area contributed by atoms with E-state index in [1.165, 1.54) is 0 Å². The molecule has 9 nitrogen and oxygen atoms in total. The van der Waals surface area contributed by atoms with Gasteiger partial charge in [-0.05, 0) is 6.92 Å². The lowest BCUT2D eigenvalue weighted by molar-refractivity contribution is -0.159. The third-order valence-electron chi connectivity index (χ3n) is 2.73. The van der Waals surface area contributed by atoms with Gasteiger partial charge in [-0.25, -0.2) is 4.79 Å². The Morgan fingerprint density at radius 2 is 1.55 bits per heavy atom. The van der Waals surface area contributed by atoms with E-state index in [0.29, 0.717) is 6.61 Å². The quantitative estimate of drug-likeness (QED) is 0.426. The fraction of sp³-hybridized carbons (Fsp3) is 0.692. The Labute approximate surface area is 128 Å². The number of carbonyl (C=O) groups excluding carboxylic acids is 4. The van der Waals surface area contributed by atoms with Crippen molar-refractivity contribution in [2.24, 2.45) is 5.92 Å². The summed E-state index contributed by atoms with van der Waals surface area (Å²) < 4.78 is 18.5. The van der Waals surface area contributed by atoms with Crippen molar-refractivity contribution < 1.29 is 38.1 Å². The number of nitrogens with one attached hydrogen (secondary N) is 1. The molecule has 2 atom stereocenters. The SMILES string of the molecule is CCOCC(=O)N[C@H](C(=O)OC)[C@@H](CC(=O)OC)C(=O)OC. The predicted molar refractivity (Wildman–Crippen MR) is 72.6 cm³/mol. The minimum absolute atomic E-state index is 0.296. The lowest BCUT2D eigenvalue weighted by Crippen LogP contribution is -2.51. The summed E-state index contributed by atoms with van der Waals surface area (Å²) in [5, 5.41) is 2.30. The summed E-state index contributed by atoms with van der Waals surface area (Å²) in [5.41, 5.74) is 0. The van der Waals surface area contributed by atoms with Gasteiger partial charge in [0.15, 0.2) is 0 Å². The number of ether oxygens (including phenoxy) is 4. The Morgan fingerprint density at radius 1 is 0.955 bits per heavy atom. The molecule has 0 bridgehead atoms. The van der Waals surface area contributed by atoms with Gasteiger partial charge in [-0.3, -0.25) is 14.4 Å². The van der Waals surface area contributed by atoms with Gasteiger partial charge in [-0.15, -0.1) is 0 Å². The molecule has 0 aliphatic heterocycles. The molecule has 0 aliphatic rings. The van der Waals surface area contributed by atoms with E-state index < -0.39 is 42.2 Å². The van der Waals surface area contributed by atoms with Crippen molar-refractivity contribution in [3.63, 3.8) is 0 Å². The molecule has 0 fully saturated rings. The summed E-state index contributed by atoms with van der Waals surface area (Å²) in [6.07, 6.45) is -0.447. The molecular weight excluding hydrogens is 298 g/mol. The average molecular weight is 319 g/mol. The molecule has 0 saturated carbocycles. The van der Waals surface area contributed by atoms with Crippen molar-refractivity contribution >= 4 is 23.8 Å². The smallest absolute Gasteiger partial charge is 0.329 e. The molecule has 0 rings (SSSR count). The van der Waals surface area contributed by atoms with Crippen LogP contribution < -0.4 is 5.32 Å². The van der Waals surface area contributed by atoms with Crippen LogP contribution in [0.1, 0.15) is 13.3 Å². The van der Waals surface area contributed by atoms with Crippen LogP contribution in [0.15, 0.2) is 0 Å². The second-order valence-corrected chi connectivity index (χ2v) is 4.12. The molecule has 0 heterocycles. The molecule has 0 radical (unpaired) electrons. The third kappa shape index (κ3) is 6.53. The maximum atomic E-state index is 11.8. The fourth-order valence-electron chi connectivity index (χ4n) is 1.61. The lowest BCUT2D eigenvalue weighted by atomic mass is 9.96. The summed E-state index contributed by atoms with van der Waals surface area (Å²) in [6.45, 7) is 1.70. The number of hydrogen-bond acceptors (Lipinski definition) is 8. The normalized spacial score (nSPS) is 12.7. The first-order valence-electron chi connectivity index (χ1n) is 6.50. The number of hydrogen-bond donors (Lipinski definition) is 1. The molecule has 1 N–H and O–H groups in total. The number of carbonyl (C=O) groups is 4. The summed E-state index contributed by atoms with van der Waals surface area (Å²) in [7, 11) is 3.33. The van der Waals surface area contributed by atoms with Crippen molar-refractivity contribution in [2.45, 2.75) is 19.4 Å². The van der Waals surface area contributed by atoms with Gasteiger partial charge in [-0.1, -0.05) is 0 Å². The second-order valence-electron chi connectivity index (χ2n) is 4.12. The Balaban J connectivity index is 5.20. The molecule has 9 heteroatoms. The summed E-state index contributed by atoms with van der Waals surface area (Å²) >= 11 is 0. The molecule has 126 valence electrons. The molecule has 0 unspecified atom stereocenters. The van der Waals surface area contributed by atoms with E-state index in [1.54, 1.807) is 6.92 Å². The average Bonchev–Trinajstić information content (AvgIpc) is 2.54. The van der Waals surface area contributed by atoms with E-state index in [2.05, 4.69) is 19.5 Å². The van der Waals surface area contributed by atoms with Gasteiger partial charge in [-0.2, -0.15) is 0 Å². The van der Waals surface area contributed by atoms with Crippen LogP contribution in [-0.4, -0.2) is 64.4 Å². The second kappa shape index (κ2) is 10.6. The zero-order chi connectivity index (χ0) is 17.1. The van der Waals surface area contributed by atoms with Crippen molar-refractivity contribution in [1.29, 1.82) is 0 Å². The van der Waals surface area contributed by atoms with Crippen LogP contribution in [0.2, 0.25) is 0 Å². The summed E-state index contributed by atoms with van der Waals surface area (Å²) in [5.74, 6) is -4.36. The van der Waals surface area contributed by atoms with Gasteiger partial charge in [0.25, 0.3) is 0 Å². The topological polar surface area (TPSA) is 117 Å². The highest BCUT2D eigenvalue weighted by atomic mass is 16.5. The maximum Gasteiger partial charge on any atom is 0.329 e. The molecule has 0 aromatic carbocycles. The Hall–Kier alpha value is -2.16. The molecule has 0 aliphatic carbocycles. The molecule has 22 heavy (non-hydrogen) atoms. The van der Waals surface area contributed by atoms with Crippen molar-refractivity contribution in [3.8, 4) is 0 Å². The molecule has 0 aromatic rings. The first kappa shape index (κ1) is 19.8. The standard InChI is InChI=1S/C13H21NO8/c1-5-22-7-9(15)14-11(13(18)21-4)8(12(17)20-3)6-10(16)19-2/h8,11H,5-7H2,1-4H3,(H,14,15)/t8-,11+/m1/s1. The van der Waals surface area contributed by atoms with E-state index >= 15 is 0 Å². The zero-order valence-corrected chi connectivity index (χ0v) is 13.0. The Bertz CT molecular complexity index is 409. The van der Waals surface area contributed by atoms with Gasteiger partial charge >= 0.3 is 17.9 Å². The van der Waals surface area contributed by atoms with Gasteiger partial charge < -0.3 is 24.3 Å². The Morgan fingerprint density at radius 3 is 2.00 bits per heavy atom. The molecule has 1 amide bonds. The first-order chi connectivity index (χ1) is 10.4. The summed E-state index contributed by atoms with van der Waals surface area (Å²) in [6, 6.07) is -1.38. The highest BCUT2D eigenvalue weighted by molar-refractivity contribution is 5.91. The van der Waals surface area contributed by atoms with Crippen molar-refractivity contribution in [1.82, 2.24) is 5.32 Å². The maximum absolute atomic E-state index is 11.8. The van der Waals surface area contributed by atoms with Gasteiger partial charge in [0.1, 0.15) is 12.6 Å². The summed E-state index contributed by atoms with van der Waals surface area (Å²) in [4.78, 5) is 46.7. The largest absolute Gasteiger partial charge is 0.469 e. The number of methoxy groups -OCH3 is 3. The lowest BCUT2D eigenvalue weighted by Gasteiger charge is -2.23. The van der Waals surface area contributed by atoms with Crippen molar-refractivity contribution in [3.05, 3.63) is 0 Å². The molecule has 0 aromatic heterocycles. The number of amides is 1. The van der Waals surface area contributed by atoms with E-state index in [9.17, 15) is 19.2 Å². The van der Waals surface area contributed by atoms with Crippen LogP contribution in [-0.2, 0) is 38.1 Å². The van der Waals surface area contributed by atoms with E-state index in [-0.39, 0.29) is 6.61 Å². The minimum atomic E-state index is -1.38. The fourth-order valence-corrected chi connectivity index (χ4v) is 1.61. The van der Waals surface area contributed by atoms with E-state index in [4.69, 9.17) is 4.74 Å². The van der Waals surface area contributed by atoms with E-state index in [1.807, 2.05) is 0 Å². The highest BCUT2D eigenvalue weighted by Gasteiger charge is 2.38. The van der Waals surface area contributed by atoms with Crippen molar-refractivity contribution in [2.75, 3.05) is 34.5 Å². The van der Waals surface area contributed by atoms with Crippen LogP contribution in [0, 0.1) is 5.92 Å². The zero-order valence-electron chi connectivity index (χ0n) is 13.0. The monoisotopic (exact) mass is 319 g/mol. The van der Waals surface area contributed by atoms with Gasteiger partial charge in [0.05, 0.1) is 33.7 Å². The van der Waals surface area contributed by atoms with Gasteiger partial charge in [0.2, 0.25) is 5.91 Å². The van der Waals surface area contributed by atoms with Crippen LogP contribution in [0.25, 0.3) is 0 Å². The van der Waals surface area contributed by atoms with Gasteiger partial charge in [0, 0.05) is 6.61 Å². The molecule has 0 spiro atoms. The first-order valence-corrected chi connectivity index (χ1v) is 6.50. The van der Waals surface area contributed by atoms with Crippen LogP contribution in [0.5, 0.6) is 0 Å². The van der Waals surface area contributed by atoms with E-state index in [0.717, 1.165) is 21.3 Å². The number of esters is 3. The van der Waals surface area contributed by atoms with Crippen LogP contribution in [0.3, 0.4) is 0 Å². The minimum Gasteiger partial charge on any atom is -0.469 e. The van der Waals surface area contributed by atoms with Crippen LogP contribution in [0.4, 0.5) is 0 Å². The molecule has 0 saturated heterocycles. The number of rotatable bonds is 9. The predicted octanol–water partition coefficient (Wildman–Crippen LogP) is -0.967. The highest BCUT2D eigenvalue weighted by Crippen LogP contribution is 2.14. The van der Waals surface area contributed by atoms with Crippen LogP contribution >= 0.6 is 0 Å². The Kier molecular flexibility index (Phi) is 9.51. The molecular formula is C13H21NO8. The third-order valence-corrected chi connectivity index (χ3v) is 2.73.